The normalized spacial score (nSPS) is 16.9. The molecule has 16 nitrogen and oxygen atoms in total. The first-order chi connectivity index (χ1) is 24.0. The van der Waals surface area contributed by atoms with E-state index in [1.54, 1.807) is 25.1 Å². The molecule has 5 aromatic rings. The molecular formula is C32H28F2N12O4. The molecule has 7 rings (SSSR count). The number of fused-ring (bicyclic) bond motifs is 1. The van der Waals surface area contributed by atoms with Gasteiger partial charge in [-0.05, 0) is 73.2 Å². The number of halogens is 2. The number of rotatable bonds is 9. The standard InChI is InChI=1S/C32H28F2N12O4/c1-32(17-2-11-22-23(14-17)50-13-12-49-22)26(47)45(15-24-39-27(35)43-29(41-24)37-20-7-3-18(33)4-8-20)31(48)46(32)16-25-40-28(36)44-30(42-25)38-21-9-5-19(34)6-10-21/h2-11,14H,12-13,15-16H2,1H3,(H3,35,37,39,41,43)(H3,36,38,40,42,44)/t32-/m0/s1. The minimum absolute atomic E-state index is 0.00498. The summed E-state index contributed by atoms with van der Waals surface area (Å²) in [5.74, 6) is -0.770. The van der Waals surface area contributed by atoms with Crippen molar-refractivity contribution in [1.29, 1.82) is 0 Å². The molecule has 254 valence electrons. The van der Waals surface area contributed by atoms with Crippen molar-refractivity contribution < 1.29 is 27.8 Å². The number of urea groups is 1. The third-order valence-electron chi connectivity index (χ3n) is 7.97. The Morgan fingerprint density at radius 3 is 1.80 bits per heavy atom. The van der Waals surface area contributed by atoms with Crippen LogP contribution in [0.2, 0.25) is 0 Å². The summed E-state index contributed by atoms with van der Waals surface area (Å²) in [5, 5.41) is 5.85. The van der Waals surface area contributed by atoms with E-state index in [1.165, 1.54) is 53.4 Å². The number of carbonyl (C=O) groups excluding carboxylic acids is 2. The Balaban J connectivity index is 1.23. The number of hydrogen-bond donors (Lipinski definition) is 4. The van der Waals surface area contributed by atoms with Crippen molar-refractivity contribution in [3.05, 3.63) is 95.6 Å². The minimum Gasteiger partial charge on any atom is -0.486 e. The van der Waals surface area contributed by atoms with Gasteiger partial charge >= 0.3 is 6.03 Å². The molecular weight excluding hydrogens is 654 g/mol. The summed E-state index contributed by atoms with van der Waals surface area (Å²) in [5.41, 5.74) is 11.7. The number of benzene rings is 3. The van der Waals surface area contributed by atoms with Gasteiger partial charge in [-0.25, -0.2) is 13.6 Å². The Morgan fingerprint density at radius 2 is 1.24 bits per heavy atom. The monoisotopic (exact) mass is 682 g/mol. The van der Waals surface area contributed by atoms with Crippen LogP contribution in [-0.4, -0.2) is 64.9 Å². The van der Waals surface area contributed by atoms with Gasteiger partial charge in [0, 0.05) is 11.4 Å². The SMILES string of the molecule is C[C@]1(c2ccc3c(c2)OCCO3)C(=O)N(Cc2nc(N)nc(Nc3ccc(F)cc3)n2)C(=O)N1Cc1nc(N)nc(Nc2ccc(F)cc2)n1. The van der Waals surface area contributed by atoms with E-state index in [-0.39, 0.29) is 48.5 Å². The third-order valence-corrected chi connectivity index (χ3v) is 7.97. The summed E-state index contributed by atoms with van der Waals surface area (Å²) in [4.78, 5) is 56.3. The second-order valence-electron chi connectivity index (χ2n) is 11.3. The third kappa shape index (κ3) is 6.28. The Bertz CT molecular complexity index is 2110. The Morgan fingerprint density at radius 1 is 0.720 bits per heavy atom. The summed E-state index contributed by atoms with van der Waals surface area (Å²) < 4.78 is 38.3. The first-order valence-electron chi connectivity index (χ1n) is 15.1. The smallest absolute Gasteiger partial charge is 0.328 e. The van der Waals surface area contributed by atoms with Gasteiger partial charge in [0.05, 0.1) is 13.1 Å². The number of hydrogen-bond acceptors (Lipinski definition) is 14. The number of ether oxygens (including phenoxy) is 2. The highest BCUT2D eigenvalue weighted by atomic mass is 19.1. The van der Waals surface area contributed by atoms with Crippen LogP contribution in [0.1, 0.15) is 24.1 Å². The molecule has 0 radical (unpaired) electrons. The molecule has 6 N–H and O–H groups in total. The van der Waals surface area contributed by atoms with Gasteiger partial charge in [-0.3, -0.25) is 14.6 Å². The second-order valence-corrected chi connectivity index (χ2v) is 11.3. The molecule has 2 aromatic heterocycles. The van der Waals surface area contributed by atoms with E-state index < -0.39 is 29.1 Å². The fraction of sp³-hybridized carbons (Fsp3) is 0.188. The van der Waals surface area contributed by atoms with E-state index in [9.17, 15) is 18.4 Å². The number of nitrogens with one attached hydrogen (secondary N) is 2. The molecule has 1 atom stereocenters. The van der Waals surface area contributed by atoms with Crippen molar-refractivity contribution in [1.82, 2.24) is 39.7 Å². The lowest BCUT2D eigenvalue weighted by molar-refractivity contribution is -0.133. The fourth-order valence-electron chi connectivity index (χ4n) is 5.53. The highest BCUT2D eigenvalue weighted by Gasteiger charge is 2.56. The summed E-state index contributed by atoms with van der Waals surface area (Å²) in [6.07, 6.45) is 0. The summed E-state index contributed by atoms with van der Waals surface area (Å²) >= 11 is 0. The van der Waals surface area contributed by atoms with Crippen LogP contribution in [-0.2, 0) is 23.4 Å². The molecule has 2 aliphatic rings. The van der Waals surface area contributed by atoms with Crippen LogP contribution < -0.4 is 31.6 Å². The van der Waals surface area contributed by atoms with E-state index in [1.807, 2.05) is 0 Å². The molecule has 4 heterocycles. The van der Waals surface area contributed by atoms with Gasteiger partial charge in [0.2, 0.25) is 23.8 Å². The molecule has 1 fully saturated rings. The van der Waals surface area contributed by atoms with Crippen molar-refractivity contribution in [2.24, 2.45) is 0 Å². The molecule has 50 heavy (non-hydrogen) atoms. The molecule has 0 saturated carbocycles. The quantitative estimate of drug-likeness (QED) is 0.164. The Kier molecular flexibility index (Phi) is 8.10. The number of nitrogen functional groups attached to an aromatic ring is 2. The summed E-state index contributed by atoms with van der Waals surface area (Å²) in [6.45, 7) is 1.59. The predicted octanol–water partition coefficient (Wildman–Crippen LogP) is 3.64. The molecule has 3 aromatic carbocycles. The van der Waals surface area contributed by atoms with Gasteiger partial charge in [0.15, 0.2) is 23.1 Å². The first kappa shape index (κ1) is 31.9. The number of imide groups is 1. The summed E-state index contributed by atoms with van der Waals surface area (Å²) in [7, 11) is 0. The van der Waals surface area contributed by atoms with E-state index in [0.717, 1.165) is 4.90 Å². The molecule has 0 spiro atoms. The van der Waals surface area contributed by atoms with Gasteiger partial charge in [-0.15, -0.1) is 0 Å². The van der Waals surface area contributed by atoms with Crippen molar-refractivity contribution >= 4 is 47.1 Å². The van der Waals surface area contributed by atoms with Crippen LogP contribution in [0, 0.1) is 11.6 Å². The highest BCUT2D eigenvalue weighted by Crippen LogP contribution is 2.42. The Hall–Kier alpha value is -6.72. The van der Waals surface area contributed by atoms with Gasteiger partial charge in [0.25, 0.3) is 5.91 Å². The lowest BCUT2D eigenvalue weighted by Gasteiger charge is -2.32. The van der Waals surface area contributed by atoms with E-state index in [4.69, 9.17) is 20.9 Å². The van der Waals surface area contributed by atoms with Crippen LogP contribution in [0.3, 0.4) is 0 Å². The van der Waals surface area contributed by atoms with Crippen LogP contribution in [0.25, 0.3) is 0 Å². The second kappa shape index (κ2) is 12.7. The lowest BCUT2D eigenvalue weighted by Crippen LogP contribution is -2.44. The molecule has 3 amide bonds. The highest BCUT2D eigenvalue weighted by molar-refractivity contribution is 6.07. The maximum absolute atomic E-state index is 14.4. The van der Waals surface area contributed by atoms with Gasteiger partial charge in [-0.1, -0.05) is 6.07 Å². The maximum atomic E-state index is 14.4. The van der Waals surface area contributed by atoms with Gasteiger partial charge in [-0.2, -0.15) is 29.9 Å². The topological polar surface area (TPSA) is 213 Å². The number of nitrogens with two attached hydrogens (primary N) is 2. The van der Waals surface area contributed by atoms with Crippen molar-refractivity contribution in [3.8, 4) is 11.5 Å². The van der Waals surface area contributed by atoms with Crippen molar-refractivity contribution in [2.75, 3.05) is 35.3 Å². The number of anilines is 6. The zero-order valence-electron chi connectivity index (χ0n) is 26.3. The van der Waals surface area contributed by atoms with Crippen LogP contribution in [0.4, 0.5) is 48.7 Å². The Labute approximate surface area is 282 Å². The van der Waals surface area contributed by atoms with Crippen LogP contribution in [0.15, 0.2) is 66.7 Å². The predicted molar refractivity (Wildman–Crippen MR) is 174 cm³/mol. The van der Waals surface area contributed by atoms with E-state index >= 15 is 0 Å². The molecule has 0 bridgehead atoms. The van der Waals surface area contributed by atoms with Crippen LogP contribution >= 0.6 is 0 Å². The zero-order valence-corrected chi connectivity index (χ0v) is 26.3. The lowest BCUT2D eigenvalue weighted by atomic mass is 9.89. The number of carbonyl (C=O) groups is 2. The van der Waals surface area contributed by atoms with Crippen molar-refractivity contribution in [2.45, 2.75) is 25.6 Å². The van der Waals surface area contributed by atoms with E-state index in [0.29, 0.717) is 41.7 Å². The number of amides is 3. The average molecular weight is 683 g/mol. The molecule has 2 aliphatic heterocycles. The zero-order chi connectivity index (χ0) is 35.0. The molecule has 0 unspecified atom stereocenters. The first-order valence-corrected chi connectivity index (χ1v) is 15.1. The van der Waals surface area contributed by atoms with E-state index in [2.05, 4.69) is 40.5 Å². The molecule has 0 aliphatic carbocycles. The molecule has 1 saturated heterocycles. The maximum Gasteiger partial charge on any atom is 0.328 e. The fourth-order valence-corrected chi connectivity index (χ4v) is 5.53. The van der Waals surface area contributed by atoms with Crippen LogP contribution in [0.5, 0.6) is 11.5 Å². The van der Waals surface area contributed by atoms with Crippen molar-refractivity contribution in [3.63, 3.8) is 0 Å². The van der Waals surface area contributed by atoms with Gasteiger partial charge in [0.1, 0.15) is 30.4 Å². The summed E-state index contributed by atoms with van der Waals surface area (Å²) in [6, 6.07) is 15.2. The van der Waals surface area contributed by atoms with Gasteiger partial charge < -0.3 is 31.6 Å². The molecule has 18 heteroatoms. The minimum atomic E-state index is -1.62. The number of aromatic nitrogens is 6. The number of nitrogens with zero attached hydrogens (tertiary/aromatic N) is 8. The largest absolute Gasteiger partial charge is 0.486 e. The average Bonchev–Trinajstić information content (AvgIpc) is 3.26.